The van der Waals surface area contributed by atoms with Crippen LogP contribution in [0.2, 0.25) is 0 Å². The molecule has 0 aliphatic rings. The fourth-order valence-corrected chi connectivity index (χ4v) is 3.44. The monoisotopic (exact) mass is 404 g/mol. The highest BCUT2D eigenvalue weighted by molar-refractivity contribution is 9.10. The molecule has 0 atom stereocenters. The molecule has 24 heavy (non-hydrogen) atoms. The highest BCUT2D eigenvalue weighted by Crippen LogP contribution is 2.36. The molecule has 0 radical (unpaired) electrons. The Bertz CT molecular complexity index is 1030. The van der Waals surface area contributed by atoms with Crippen molar-refractivity contribution in [1.82, 2.24) is 9.97 Å². The molecule has 0 N–H and O–H groups in total. The van der Waals surface area contributed by atoms with Gasteiger partial charge < -0.3 is 0 Å². The maximum absolute atomic E-state index is 12.3. The van der Waals surface area contributed by atoms with Crippen LogP contribution >= 0.6 is 15.9 Å². The van der Waals surface area contributed by atoms with Crippen molar-refractivity contribution in [2.75, 3.05) is 6.26 Å². The number of halogens is 1. The summed E-state index contributed by atoms with van der Waals surface area (Å²) in [7, 11) is -3.28. The molecule has 1 aromatic carbocycles. The molecule has 4 nitrogen and oxygen atoms in total. The van der Waals surface area contributed by atoms with Crippen molar-refractivity contribution in [3.63, 3.8) is 0 Å². The molecule has 0 aliphatic heterocycles. The van der Waals surface area contributed by atoms with Crippen molar-refractivity contribution < 1.29 is 8.42 Å². The Morgan fingerprint density at radius 1 is 1.12 bits per heavy atom. The van der Waals surface area contributed by atoms with Crippen LogP contribution in [-0.2, 0) is 14.6 Å². The van der Waals surface area contributed by atoms with Crippen molar-refractivity contribution in [2.45, 2.75) is 18.6 Å². The number of fused-ring (bicyclic) bond motifs is 1. The summed E-state index contributed by atoms with van der Waals surface area (Å²) in [5.74, 6) is 0. The Morgan fingerprint density at radius 2 is 1.88 bits per heavy atom. The Balaban J connectivity index is 2.37. The molecule has 0 saturated heterocycles. The summed E-state index contributed by atoms with van der Waals surface area (Å²) >= 11 is 3.43. The topological polar surface area (TPSA) is 59.9 Å². The summed E-state index contributed by atoms with van der Waals surface area (Å²) in [6.45, 7) is 3.45. The highest BCUT2D eigenvalue weighted by Gasteiger charge is 2.33. The molecular weight excluding hydrogens is 388 g/mol. The van der Waals surface area contributed by atoms with Gasteiger partial charge in [-0.15, -0.1) is 0 Å². The summed E-state index contributed by atoms with van der Waals surface area (Å²) in [6, 6.07) is 9.55. The maximum atomic E-state index is 12.3. The second kappa shape index (κ2) is 5.93. The van der Waals surface area contributed by atoms with Gasteiger partial charge in [0.1, 0.15) is 0 Å². The van der Waals surface area contributed by atoms with Crippen LogP contribution in [0.25, 0.3) is 22.0 Å². The van der Waals surface area contributed by atoms with E-state index in [4.69, 9.17) is 0 Å². The Morgan fingerprint density at radius 3 is 2.54 bits per heavy atom. The van der Waals surface area contributed by atoms with Gasteiger partial charge in [0, 0.05) is 45.8 Å². The summed E-state index contributed by atoms with van der Waals surface area (Å²) < 4.78 is 24.4. The van der Waals surface area contributed by atoms with Crippen molar-refractivity contribution in [1.29, 1.82) is 0 Å². The zero-order valence-corrected chi connectivity index (χ0v) is 16.0. The molecule has 2 aromatic heterocycles. The van der Waals surface area contributed by atoms with Crippen LogP contribution in [0, 0.1) is 0 Å². The second-order valence-corrected chi connectivity index (χ2v) is 9.75. The van der Waals surface area contributed by atoms with Gasteiger partial charge in [-0.25, -0.2) is 8.42 Å². The van der Waals surface area contributed by atoms with E-state index in [1.807, 2.05) is 30.3 Å². The average Bonchev–Trinajstić information content (AvgIpc) is 2.52. The number of nitrogens with zero attached hydrogens (tertiary/aromatic N) is 2. The van der Waals surface area contributed by atoms with Crippen molar-refractivity contribution in [3.05, 3.63) is 59.0 Å². The van der Waals surface area contributed by atoms with Crippen LogP contribution in [-0.4, -0.2) is 24.6 Å². The second-order valence-electron chi connectivity index (χ2n) is 6.27. The van der Waals surface area contributed by atoms with E-state index in [0.29, 0.717) is 0 Å². The molecule has 2 heterocycles. The summed E-state index contributed by atoms with van der Waals surface area (Å²) in [6.07, 6.45) is 6.47. The summed E-state index contributed by atoms with van der Waals surface area (Å²) in [4.78, 5) is 8.70. The summed E-state index contributed by atoms with van der Waals surface area (Å²) in [5, 5.41) is 0.904. The lowest BCUT2D eigenvalue weighted by Crippen LogP contribution is -2.28. The van der Waals surface area contributed by atoms with E-state index >= 15 is 0 Å². The Labute approximate surface area is 150 Å². The van der Waals surface area contributed by atoms with Crippen LogP contribution < -0.4 is 0 Å². The van der Waals surface area contributed by atoms with Crippen LogP contribution in [0.15, 0.2) is 53.4 Å². The molecule has 3 aromatic rings. The van der Waals surface area contributed by atoms with Crippen LogP contribution in [0.3, 0.4) is 0 Å². The zero-order chi connectivity index (χ0) is 17.5. The third-order valence-corrected chi connectivity index (χ3v) is 6.87. The van der Waals surface area contributed by atoms with Crippen LogP contribution in [0.1, 0.15) is 19.4 Å². The van der Waals surface area contributed by atoms with Gasteiger partial charge in [-0.05, 0) is 59.6 Å². The smallest absolute Gasteiger partial charge is 0.156 e. The predicted molar refractivity (Wildman–Crippen MR) is 101 cm³/mol. The molecule has 0 unspecified atom stereocenters. The van der Waals surface area contributed by atoms with Gasteiger partial charge in [-0.3, -0.25) is 9.97 Å². The van der Waals surface area contributed by atoms with Crippen LogP contribution in [0.5, 0.6) is 0 Å². The van der Waals surface area contributed by atoms with Gasteiger partial charge in [0.2, 0.25) is 0 Å². The number of pyridine rings is 2. The molecule has 124 valence electrons. The van der Waals surface area contributed by atoms with E-state index in [1.54, 1.807) is 32.4 Å². The SMILES string of the molecule is CC(C)(c1cc(-c2cncc(Br)c2)c2ncccc2c1)S(C)(=O)=O. The largest absolute Gasteiger partial charge is 0.263 e. The minimum Gasteiger partial charge on any atom is -0.263 e. The van der Waals surface area contributed by atoms with Gasteiger partial charge in [-0.1, -0.05) is 6.07 Å². The summed E-state index contributed by atoms with van der Waals surface area (Å²) in [5.41, 5.74) is 3.32. The quantitative estimate of drug-likeness (QED) is 0.651. The van der Waals surface area contributed by atoms with E-state index in [2.05, 4.69) is 25.9 Å². The lowest BCUT2D eigenvalue weighted by Gasteiger charge is -2.24. The third kappa shape index (κ3) is 2.96. The Hall–Kier alpha value is -1.79. The molecule has 0 spiro atoms. The molecule has 0 bridgehead atoms. The lowest BCUT2D eigenvalue weighted by atomic mass is 9.94. The van der Waals surface area contributed by atoms with E-state index in [-0.39, 0.29) is 0 Å². The number of sulfone groups is 1. The van der Waals surface area contributed by atoms with Gasteiger partial charge >= 0.3 is 0 Å². The van der Waals surface area contributed by atoms with Gasteiger partial charge in [0.05, 0.1) is 10.3 Å². The molecule has 0 saturated carbocycles. The standard InChI is InChI=1S/C18H17BrN2O2S/c1-18(2,24(3,22)23)14-7-12-5-4-6-21-17(12)16(9-14)13-8-15(19)11-20-10-13/h4-11H,1-3H3. The number of aromatic nitrogens is 2. The number of rotatable bonds is 3. The van der Waals surface area contributed by atoms with E-state index in [1.165, 1.54) is 6.26 Å². The fraction of sp³-hybridized carbons (Fsp3) is 0.222. The normalized spacial score (nSPS) is 12.5. The fourth-order valence-electron chi connectivity index (χ4n) is 2.53. The van der Waals surface area contributed by atoms with Crippen molar-refractivity contribution >= 4 is 36.7 Å². The number of hydrogen-bond acceptors (Lipinski definition) is 4. The minimum absolute atomic E-state index is 0.737. The first-order valence-electron chi connectivity index (χ1n) is 7.40. The van der Waals surface area contributed by atoms with E-state index < -0.39 is 14.6 Å². The maximum Gasteiger partial charge on any atom is 0.156 e. The van der Waals surface area contributed by atoms with Crippen LogP contribution in [0.4, 0.5) is 0 Å². The zero-order valence-electron chi connectivity index (χ0n) is 13.6. The van der Waals surface area contributed by atoms with Gasteiger partial charge in [-0.2, -0.15) is 0 Å². The minimum atomic E-state index is -3.28. The van der Waals surface area contributed by atoms with E-state index in [0.717, 1.165) is 32.1 Å². The molecular formula is C18H17BrN2O2S. The first kappa shape index (κ1) is 17.0. The molecule has 6 heteroatoms. The van der Waals surface area contributed by atoms with Gasteiger partial charge in [0.25, 0.3) is 0 Å². The first-order chi connectivity index (χ1) is 11.2. The van der Waals surface area contributed by atoms with Crippen molar-refractivity contribution in [2.24, 2.45) is 0 Å². The van der Waals surface area contributed by atoms with Gasteiger partial charge in [0.15, 0.2) is 9.84 Å². The number of benzene rings is 1. The molecule has 0 aliphatic carbocycles. The highest BCUT2D eigenvalue weighted by atomic mass is 79.9. The number of hydrogen-bond donors (Lipinski definition) is 0. The lowest BCUT2D eigenvalue weighted by molar-refractivity contribution is 0.561. The Kier molecular flexibility index (Phi) is 4.21. The van der Waals surface area contributed by atoms with Crippen molar-refractivity contribution in [3.8, 4) is 11.1 Å². The first-order valence-corrected chi connectivity index (χ1v) is 10.1. The predicted octanol–water partition coefficient (Wildman–Crippen LogP) is 4.34. The third-order valence-electron chi connectivity index (χ3n) is 4.34. The molecule has 0 amide bonds. The molecule has 0 fully saturated rings. The van der Waals surface area contributed by atoms with E-state index in [9.17, 15) is 8.42 Å². The molecule has 3 rings (SSSR count). The average molecular weight is 405 g/mol.